The normalized spacial score (nSPS) is 8.93. The minimum absolute atomic E-state index is 0.833. The summed E-state index contributed by atoms with van der Waals surface area (Å²) in [4.78, 5) is 7.92. The molecule has 0 aromatic carbocycles. The second kappa shape index (κ2) is 7.97. The molecule has 0 aliphatic rings. The molecular formula is C12H21N3. The van der Waals surface area contributed by atoms with Crippen LogP contribution in [0.5, 0.6) is 0 Å². The van der Waals surface area contributed by atoms with Crippen molar-refractivity contribution >= 4 is 5.65 Å². The Hall–Kier alpha value is -1.38. The van der Waals surface area contributed by atoms with Crippen LogP contribution >= 0.6 is 0 Å². The van der Waals surface area contributed by atoms with Gasteiger partial charge in [0.1, 0.15) is 0 Å². The Bertz CT molecular complexity index is 319. The van der Waals surface area contributed by atoms with Gasteiger partial charge >= 0.3 is 0 Å². The highest BCUT2D eigenvalue weighted by Crippen LogP contribution is 1.93. The third-order valence-corrected chi connectivity index (χ3v) is 1.20. The summed E-state index contributed by atoms with van der Waals surface area (Å²) in [6.07, 6.45) is 8.95. The van der Waals surface area contributed by atoms with Crippen molar-refractivity contribution in [3.05, 3.63) is 31.0 Å². The number of aromatic nitrogens is 3. The van der Waals surface area contributed by atoms with E-state index in [0.29, 0.717) is 0 Å². The molecule has 0 aliphatic heterocycles. The molecule has 2 heterocycles. The van der Waals surface area contributed by atoms with Crippen molar-refractivity contribution in [3.8, 4) is 0 Å². The summed E-state index contributed by atoms with van der Waals surface area (Å²) in [5.41, 5.74) is 0.887. The third-order valence-electron chi connectivity index (χ3n) is 1.20. The highest BCUT2D eigenvalue weighted by atomic mass is 15.0. The van der Waals surface area contributed by atoms with Gasteiger partial charge in [-0.3, -0.25) is 4.98 Å². The van der Waals surface area contributed by atoms with Gasteiger partial charge in [-0.2, -0.15) is 0 Å². The summed E-state index contributed by atoms with van der Waals surface area (Å²) in [7, 11) is 0. The Balaban J connectivity index is 0.000000282. The molecule has 0 saturated carbocycles. The molecule has 2 aromatic heterocycles. The van der Waals surface area contributed by atoms with E-state index in [-0.39, 0.29) is 0 Å². The van der Waals surface area contributed by atoms with Crippen molar-refractivity contribution in [1.29, 1.82) is 0 Å². The van der Waals surface area contributed by atoms with Gasteiger partial charge in [0, 0.05) is 24.8 Å². The van der Waals surface area contributed by atoms with E-state index in [1.54, 1.807) is 18.6 Å². The van der Waals surface area contributed by atoms with E-state index in [9.17, 15) is 0 Å². The van der Waals surface area contributed by atoms with Crippen LogP contribution in [0.25, 0.3) is 5.65 Å². The Labute approximate surface area is 92.2 Å². The molecule has 0 saturated heterocycles. The van der Waals surface area contributed by atoms with Crippen LogP contribution in [-0.4, -0.2) is 14.4 Å². The van der Waals surface area contributed by atoms with E-state index >= 15 is 0 Å². The van der Waals surface area contributed by atoms with Crippen molar-refractivity contribution in [3.63, 3.8) is 0 Å². The van der Waals surface area contributed by atoms with Gasteiger partial charge in [-0.15, -0.1) is 0 Å². The molecule has 3 heteroatoms. The minimum Gasteiger partial charge on any atom is -0.304 e. The fourth-order valence-electron chi connectivity index (χ4n) is 0.771. The first kappa shape index (κ1) is 13.6. The largest absolute Gasteiger partial charge is 0.304 e. The summed E-state index contributed by atoms with van der Waals surface area (Å²) < 4.78 is 1.91. The number of nitrogens with zero attached hydrogens (tertiary/aromatic N) is 3. The maximum atomic E-state index is 4.02. The van der Waals surface area contributed by atoms with Crippen LogP contribution in [0.15, 0.2) is 31.0 Å². The number of hydrogen-bond donors (Lipinski definition) is 0. The van der Waals surface area contributed by atoms with Gasteiger partial charge in [-0.05, 0) is 5.92 Å². The van der Waals surface area contributed by atoms with Crippen molar-refractivity contribution in [2.45, 2.75) is 34.6 Å². The lowest BCUT2D eigenvalue weighted by Crippen LogP contribution is -1.81. The molecular weight excluding hydrogens is 186 g/mol. The van der Waals surface area contributed by atoms with E-state index < -0.39 is 0 Å². The van der Waals surface area contributed by atoms with Gasteiger partial charge in [0.2, 0.25) is 0 Å². The zero-order valence-corrected chi connectivity index (χ0v) is 10.3. The first-order valence-electron chi connectivity index (χ1n) is 5.43. The predicted octanol–water partition coefficient (Wildman–Crippen LogP) is 3.42. The lowest BCUT2D eigenvalue weighted by Gasteiger charge is -1.86. The smallest absolute Gasteiger partial charge is 0.155 e. The average Bonchev–Trinajstić information content (AvgIpc) is 2.67. The van der Waals surface area contributed by atoms with Crippen molar-refractivity contribution in [1.82, 2.24) is 14.4 Å². The van der Waals surface area contributed by atoms with E-state index in [1.807, 2.05) is 30.6 Å². The van der Waals surface area contributed by atoms with Crippen LogP contribution in [0.3, 0.4) is 0 Å². The molecule has 0 spiro atoms. The van der Waals surface area contributed by atoms with Crippen molar-refractivity contribution in [2.75, 3.05) is 0 Å². The van der Waals surface area contributed by atoms with Crippen molar-refractivity contribution in [2.24, 2.45) is 5.92 Å². The summed E-state index contributed by atoms with van der Waals surface area (Å²) in [5.74, 6) is 0.833. The number of rotatable bonds is 0. The molecule has 2 rings (SSSR count). The molecule has 0 radical (unpaired) electrons. The predicted molar refractivity (Wildman–Crippen MR) is 64.8 cm³/mol. The zero-order chi connectivity index (χ0) is 11.7. The van der Waals surface area contributed by atoms with Crippen LogP contribution in [0.4, 0.5) is 0 Å². The molecule has 15 heavy (non-hydrogen) atoms. The standard InChI is InChI=1S/C6H5N3.C4H10.C2H6/c1-3-9-4-2-8-6(9)5-7-1;1-4(2)3;1-2/h1-5H;4H,1-3H3;1-2H3. The van der Waals surface area contributed by atoms with E-state index in [0.717, 1.165) is 11.6 Å². The monoisotopic (exact) mass is 207 g/mol. The molecule has 0 fully saturated rings. The fourth-order valence-corrected chi connectivity index (χ4v) is 0.771. The van der Waals surface area contributed by atoms with Crippen LogP contribution in [0.1, 0.15) is 34.6 Å². The highest BCUT2D eigenvalue weighted by molar-refractivity contribution is 5.33. The SMILES string of the molecule is CC.CC(C)C.c1cn2ccnc2cn1. The van der Waals surface area contributed by atoms with Crippen LogP contribution in [-0.2, 0) is 0 Å². The summed E-state index contributed by atoms with van der Waals surface area (Å²) >= 11 is 0. The van der Waals surface area contributed by atoms with E-state index in [2.05, 4.69) is 30.7 Å². The molecule has 2 aromatic rings. The Kier molecular flexibility index (Phi) is 7.24. The van der Waals surface area contributed by atoms with Gasteiger partial charge in [-0.1, -0.05) is 34.6 Å². The second-order valence-electron chi connectivity index (χ2n) is 3.50. The van der Waals surface area contributed by atoms with Gasteiger partial charge in [0.05, 0.1) is 6.20 Å². The molecule has 3 nitrogen and oxygen atoms in total. The number of imidazole rings is 1. The molecule has 0 N–H and O–H groups in total. The third kappa shape index (κ3) is 5.83. The minimum atomic E-state index is 0.833. The second-order valence-corrected chi connectivity index (χ2v) is 3.50. The van der Waals surface area contributed by atoms with Crippen LogP contribution in [0.2, 0.25) is 0 Å². The topological polar surface area (TPSA) is 30.2 Å². The maximum absolute atomic E-state index is 4.02. The van der Waals surface area contributed by atoms with Crippen LogP contribution in [0, 0.1) is 5.92 Å². The molecule has 0 aliphatic carbocycles. The summed E-state index contributed by atoms with van der Waals surface area (Å²) in [5, 5.41) is 0. The number of fused-ring (bicyclic) bond motifs is 1. The van der Waals surface area contributed by atoms with Crippen molar-refractivity contribution < 1.29 is 0 Å². The molecule has 0 amide bonds. The molecule has 0 bridgehead atoms. The van der Waals surface area contributed by atoms with Gasteiger partial charge < -0.3 is 4.40 Å². The quantitative estimate of drug-likeness (QED) is 0.662. The first-order valence-corrected chi connectivity index (χ1v) is 5.43. The molecule has 0 atom stereocenters. The lowest BCUT2D eigenvalue weighted by atomic mass is 10.3. The fraction of sp³-hybridized carbons (Fsp3) is 0.500. The van der Waals surface area contributed by atoms with E-state index in [1.165, 1.54) is 0 Å². The highest BCUT2D eigenvalue weighted by Gasteiger charge is 1.86. The Morgan fingerprint density at radius 2 is 1.60 bits per heavy atom. The van der Waals surface area contributed by atoms with Crippen LogP contribution < -0.4 is 0 Å². The summed E-state index contributed by atoms with van der Waals surface area (Å²) in [6.45, 7) is 10.5. The van der Waals surface area contributed by atoms with Gasteiger partial charge in [0.25, 0.3) is 0 Å². The Morgan fingerprint density at radius 3 is 2.13 bits per heavy atom. The molecule has 0 unspecified atom stereocenters. The van der Waals surface area contributed by atoms with Gasteiger partial charge in [0.15, 0.2) is 5.65 Å². The average molecular weight is 207 g/mol. The first-order chi connectivity index (χ1) is 7.20. The molecule has 84 valence electrons. The van der Waals surface area contributed by atoms with E-state index in [4.69, 9.17) is 0 Å². The Morgan fingerprint density at radius 1 is 1.07 bits per heavy atom. The summed E-state index contributed by atoms with van der Waals surface area (Å²) in [6, 6.07) is 0. The zero-order valence-electron chi connectivity index (χ0n) is 10.3. The number of hydrogen-bond acceptors (Lipinski definition) is 2. The lowest BCUT2D eigenvalue weighted by molar-refractivity contribution is 0.737. The van der Waals surface area contributed by atoms with Gasteiger partial charge in [-0.25, -0.2) is 4.98 Å². The maximum Gasteiger partial charge on any atom is 0.155 e.